The van der Waals surface area contributed by atoms with Gasteiger partial charge in [0.05, 0.1) is 0 Å². The largest absolute Gasteiger partial charge is 0.489 e. The van der Waals surface area contributed by atoms with Crippen molar-refractivity contribution in [3.8, 4) is 28.6 Å². The lowest BCUT2D eigenvalue weighted by Gasteiger charge is -2.10. The van der Waals surface area contributed by atoms with Crippen LogP contribution in [-0.4, -0.2) is 16.0 Å². The van der Waals surface area contributed by atoms with Crippen LogP contribution in [0.2, 0.25) is 0 Å². The quantitative estimate of drug-likeness (QED) is 0.357. The van der Waals surface area contributed by atoms with E-state index in [0.717, 1.165) is 16.9 Å². The fourth-order valence-corrected chi connectivity index (χ4v) is 3.23. The van der Waals surface area contributed by atoms with Gasteiger partial charge in [-0.25, -0.2) is 0 Å². The first kappa shape index (κ1) is 22.1. The molecule has 1 aromatic heterocycles. The van der Waals surface area contributed by atoms with Crippen molar-refractivity contribution in [1.29, 1.82) is 0 Å². The van der Waals surface area contributed by atoms with E-state index < -0.39 is 0 Å². The van der Waals surface area contributed by atoms with E-state index in [1.165, 1.54) is 6.92 Å². The Morgan fingerprint density at radius 3 is 2.21 bits per heavy atom. The summed E-state index contributed by atoms with van der Waals surface area (Å²) in [6.45, 7) is 3.92. The van der Waals surface area contributed by atoms with E-state index in [2.05, 4.69) is 15.5 Å². The lowest BCUT2D eigenvalue weighted by molar-refractivity contribution is -0.119. The number of amides is 1. The molecule has 1 atom stereocenters. The molecule has 33 heavy (non-hydrogen) atoms. The summed E-state index contributed by atoms with van der Waals surface area (Å²) in [5, 5.41) is 6.84. The third-order valence-corrected chi connectivity index (χ3v) is 4.95. The summed E-state index contributed by atoms with van der Waals surface area (Å²) < 4.78 is 17.1. The molecule has 7 heteroatoms. The normalized spacial score (nSPS) is 11.6. The van der Waals surface area contributed by atoms with Gasteiger partial charge >= 0.3 is 0 Å². The van der Waals surface area contributed by atoms with E-state index in [1.54, 1.807) is 0 Å². The van der Waals surface area contributed by atoms with Crippen LogP contribution in [0, 0.1) is 0 Å². The summed E-state index contributed by atoms with van der Waals surface area (Å²) in [5.41, 5.74) is 1.91. The first-order valence-electron chi connectivity index (χ1n) is 10.8. The number of carbonyl (C=O) groups excluding carboxylic acids is 1. The minimum absolute atomic E-state index is 0.140. The summed E-state index contributed by atoms with van der Waals surface area (Å²) >= 11 is 0. The number of hydrogen-bond acceptors (Lipinski definition) is 6. The van der Waals surface area contributed by atoms with Crippen molar-refractivity contribution in [2.45, 2.75) is 32.9 Å². The van der Waals surface area contributed by atoms with E-state index in [9.17, 15) is 4.79 Å². The Morgan fingerprint density at radius 2 is 1.58 bits per heavy atom. The van der Waals surface area contributed by atoms with Gasteiger partial charge in [0.1, 0.15) is 29.9 Å². The molecule has 0 spiro atoms. The molecule has 3 aromatic carbocycles. The highest BCUT2D eigenvalue weighted by Gasteiger charge is 2.18. The minimum atomic E-state index is -0.300. The number of benzene rings is 3. The van der Waals surface area contributed by atoms with Gasteiger partial charge in [-0.1, -0.05) is 42.4 Å². The van der Waals surface area contributed by atoms with Crippen molar-refractivity contribution < 1.29 is 18.8 Å². The van der Waals surface area contributed by atoms with Crippen molar-refractivity contribution in [3.63, 3.8) is 0 Å². The molecule has 7 nitrogen and oxygen atoms in total. The van der Waals surface area contributed by atoms with Crippen LogP contribution in [0.1, 0.15) is 37.8 Å². The standard InChI is InChI=1S/C26H25N3O4/c1-3-24(27-18(2)30)26-28-25(29-33-26)20-9-11-22(12-10-20)32-23-15-13-21(14-16-23)31-17-19-7-5-4-6-8-19/h4-16,24H,3,17H2,1-2H3,(H,27,30). The van der Waals surface area contributed by atoms with Gasteiger partial charge < -0.3 is 19.3 Å². The first-order chi connectivity index (χ1) is 16.1. The molecule has 0 radical (unpaired) electrons. The Balaban J connectivity index is 1.35. The molecule has 0 aliphatic heterocycles. The highest BCUT2D eigenvalue weighted by molar-refractivity contribution is 5.73. The minimum Gasteiger partial charge on any atom is -0.489 e. The Morgan fingerprint density at radius 1 is 0.939 bits per heavy atom. The lowest BCUT2D eigenvalue weighted by Crippen LogP contribution is -2.25. The number of carbonyl (C=O) groups is 1. The average molecular weight is 444 g/mol. The fourth-order valence-electron chi connectivity index (χ4n) is 3.23. The average Bonchev–Trinajstić information content (AvgIpc) is 3.33. The van der Waals surface area contributed by atoms with Crippen molar-refractivity contribution in [2.75, 3.05) is 0 Å². The van der Waals surface area contributed by atoms with Crippen LogP contribution in [0.4, 0.5) is 0 Å². The maximum Gasteiger partial charge on any atom is 0.249 e. The topological polar surface area (TPSA) is 86.5 Å². The molecule has 168 valence electrons. The Labute approximate surface area is 192 Å². The van der Waals surface area contributed by atoms with Crippen LogP contribution in [0.5, 0.6) is 17.2 Å². The smallest absolute Gasteiger partial charge is 0.249 e. The predicted octanol–water partition coefficient (Wildman–Crippen LogP) is 5.70. The first-order valence-corrected chi connectivity index (χ1v) is 10.8. The molecule has 0 bridgehead atoms. The molecule has 1 amide bonds. The maximum absolute atomic E-state index is 11.3. The number of ether oxygens (including phenoxy) is 2. The zero-order valence-electron chi connectivity index (χ0n) is 18.5. The van der Waals surface area contributed by atoms with Gasteiger partial charge in [-0.05, 0) is 60.5 Å². The van der Waals surface area contributed by atoms with Gasteiger partial charge in [-0.15, -0.1) is 0 Å². The molecule has 1 heterocycles. The molecule has 0 saturated carbocycles. The molecule has 1 unspecified atom stereocenters. The summed E-state index contributed by atoms with van der Waals surface area (Å²) in [5.74, 6) is 2.87. The van der Waals surface area contributed by atoms with Crippen molar-refractivity contribution in [2.24, 2.45) is 0 Å². The fraction of sp³-hybridized carbons (Fsp3) is 0.192. The number of aromatic nitrogens is 2. The van der Waals surface area contributed by atoms with E-state index in [1.807, 2.05) is 85.8 Å². The molecule has 4 aromatic rings. The molecule has 4 rings (SSSR count). The second-order valence-corrected chi connectivity index (χ2v) is 7.49. The number of rotatable bonds is 9. The van der Waals surface area contributed by atoms with Crippen LogP contribution in [0.25, 0.3) is 11.4 Å². The van der Waals surface area contributed by atoms with E-state index in [4.69, 9.17) is 14.0 Å². The van der Waals surface area contributed by atoms with E-state index >= 15 is 0 Å². The molecule has 0 saturated heterocycles. The van der Waals surface area contributed by atoms with Crippen LogP contribution in [0.15, 0.2) is 83.4 Å². The van der Waals surface area contributed by atoms with Crippen LogP contribution < -0.4 is 14.8 Å². The maximum atomic E-state index is 11.3. The molecule has 0 aliphatic rings. The summed E-state index contributed by atoms with van der Waals surface area (Å²) in [6, 6.07) is 24.6. The second-order valence-electron chi connectivity index (χ2n) is 7.49. The third kappa shape index (κ3) is 5.98. The molecule has 0 aliphatic carbocycles. The summed E-state index contributed by atoms with van der Waals surface area (Å²) in [7, 11) is 0. The molecular formula is C26H25N3O4. The van der Waals surface area contributed by atoms with Gasteiger partial charge in [-0.2, -0.15) is 4.98 Å². The van der Waals surface area contributed by atoms with Gasteiger partial charge in [0.2, 0.25) is 17.6 Å². The van der Waals surface area contributed by atoms with E-state index in [0.29, 0.717) is 36.2 Å². The lowest BCUT2D eigenvalue weighted by atomic mass is 10.2. The zero-order valence-corrected chi connectivity index (χ0v) is 18.5. The van der Waals surface area contributed by atoms with Gasteiger partial charge in [0, 0.05) is 12.5 Å². The summed E-state index contributed by atoms with van der Waals surface area (Å²) in [4.78, 5) is 15.8. The van der Waals surface area contributed by atoms with Crippen LogP contribution in [0.3, 0.4) is 0 Å². The third-order valence-electron chi connectivity index (χ3n) is 4.95. The molecule has 0 fully saturated rings. The highest BCUT2D eigenvalue weighted by atomic mass is 16.5. The monoisotopic (exact) mass is 443 g/mol. The molecular weight excluding hydrogens is 418 g/mol. The molecule has 1 N–H and O–H groups in total. The van der Waals surface area contributed by atoms with Gasteiger partial charge in [0.25, 0.3) is 0 Å². The van der Waals surface area contributed by atoms with E-state index in [-0.39, 0.29) is 11.9 Å². The second kappa shape index (κ2) is 10.5. The van der Waals surface area contributed by atoms with Gasteiger partial charge in [-0.3, -0.25) is 4.79 Å². The van der Waals surface area contributed by atoms with Crippen molar-refractivity contribution >= 4 is 5.91 Å². The predicted molar refractivity (Wildman–Crippen MR) is 124 cm³/mol. The zero-order chi connectivity index (χ0) is 23.0. The van der Waals surface area contributed by atoms with Crippen molar-refractivity contribution in [3.05, 3.63) is 90.3 Å². The van der Waals surface area contributed by atoms with Crippen molar-refractivity contribution in [1.82, 2.24) is 15.5 Å². The van der Waals surface area contributed by atoms with Gasteiger partial charge in [0.15, 0.2) is 0 Å². The SMILES string of the molecule is CCC(NC(C)=O)c1nc(-c2ccc(Oc3ccc(OCc4ccccc4)cc3)cc2)no1. The number of hydrogen-bond donors (Lipinski definition) is 1. The number of nitrogens with zero attached hydrogens (tertiary/aromatic N) is 2. The van der Waals surface area contributed by atoms with Crippen LogP contribution >= 0.6 is 0 Å². The Kier molecular flexibility index (Phi) is 6.99. The number of nitrogens with one attached hydrogen (secondary N) is 1. The highest BCUT2D eigenvalue weighted by Crippen LogP contribution is 2.27. The Hall–Kier alpha value is -4.13. The summed E-state index contributed by atoms with van der Waals surface area (Å²) in [6.07, 6.45) is 0.657. The van der Waals surface area contributed by atoms with Crippen LogP contribution in [-0.2, 0) is 11.4 Å². The Bertz CT molecular complexity index is 1170.